The molecule has 3 rings (SSSR count). The minimum absolute atomic E-state index is 0.194. The van der Waals surface area contributed by atoms with Crippen molar-refractivity contribution in [2.24, 2.45) is 0 Å². The molecule has 1 fully saturated rings. The minimum atomic E-state index is -0.315. The summed E-state index contributed by atoms with van der Waals surface area (Å²) in [6, 6.07) is 11.9. The smallest absolute Gasteiger partial charge is 0.272 e. The average molecular weight is 326 g/mol. The van der Waals surface area contributed by atoms with Crippen LogP contribution in [0.1, 0.15) is 24.0 Å². The average Bonchev–Trinajstić information content (AvgIpc) is 2.62. The maximum atomic E-state index is 11.0. The molecule has 0 saturated carbocycles. The molecule has 0 bridgehead atoms. The summed E-state index contributed by atoms with van der Waals surface area (Å²) in [7, 11) is 0. The van der Waals surface area contributed by atoms with Gasteiger partial charge in [-0.1, -0.05) is 18.2 Å². The van der Waals surface area contributed by atoms with E-state index < -0.39 is 0 Å². The van der Waals surface area contributed by atoms with Crippen LogP contribution in [0.2, 0.25) is 0 Å². The van der Waals surface area contributed by atoms with Crippen molar-refractivity contribution in [3.63, 3.8) is 0 Å². The highest BCUT2D eigenvalue weighted by molar-refractivity contribution is 5.42. The fraction of sp³-hybridized carbons (Fsp3) is 0.389. The summed E-state index contributed by atoms with van der Waals surface area (Å²) in [4.78, 5) is 17.4. The third kappa shape index (κ3) is 3.89. The molecule has 0 aliphatic carbocycles. The number of piperidine rings is 1. The van der Waals surface area contributed by atoms with E-state index in [-0.39, 0.29) is 10.6 Å². The lowest BCUT2D eigenvalue weighted by atomic mass is 10.0. The maximum Gasteiger partial charge on any atom is 0.272 e. The second-order valence-corrected chi connectivity index (χ2v) is 6.21. The van der Waals surface area contributed by atoms with E-state index >= 15 is 0 Å². The minimum Gasteiger partial charge on any atom is -0.357 e. The van der Waals surface area contributed by atoms with E-state index in [2.05, 4.69) is 15.2 Å². The van der Waals surface area contributed by atoms with E-state index in [1.54, 1.807) is 13.0 Å². The summed E-state index contributed by atoms with van der Waals surface area (Å²) >= 11 is 0. The number of nitrogens with one attached hydrogen (secondary N) is 1. The Hall–Kier alpha value is -2.47. The molecule has 2 heterocycles. The third-order valence-electron chi connectivity index (χ3n) is 4.53. The lowest BCUT2D eigenvalue weighted by Crippen LogP contribution is -2.42. The van der Waals surface area contributed by atoms with Crippen molar-refractivity contribution < 1.29 is 4.92 Å². The van der Waals surface area contributed by atoms with Gasteiger partial charge in [0, 0.05) is 43.5 Å². The van der Waals surface area contributed by atoms with E-state index in [1.165, 1.54) is 0 Å². The molecule has 6 heteroatoms. The highest BCUT2D eigenvalue weighted by atomic mass is 16.6. The summed E-state index contributed by atoms with van der Waals surface area (Å²) in [6.45, 7) is 4.38. The first-order valence-corrected chi connectivity index (χ1v) is 8.27. The summed E-state index contributed by atoms with van der Waals surface area (Å²) in [5.74, 6) is 1.03. The predicted octanol–water partition coefficient (Wildman–Crippen LogP) is 3.06. The van der Waals surface area contributed by atoms with Crippen LogP contribution >= 0.6 is 0 Å². The van der Waals surface area contributed by atoms with E-state index in [1.807, 2.05) is 36.5 Å². The molecular formula is C18H22N4O2. The Morgan fingerprint density at radius 1 is 1.29 bits per heavy atom. The Morgan fingerprint density at radius 3 is 2.75 bits per heavy atom. The number of nitro groups is 1. The first kappa shape index (κ1) is 16.4. The fourth-order valence-electron chi connectivity index (χ4n) is 3.08. The van der Waals surface area contributed by atoms with Crippen molar-refractivity contribution in [2.75, 3.05) is 18.0 Å². The molecule has 0 atom stereocenters. The van der Waals surface area contributed by atoms with Gasteiger partial charge in [-0.3, -0.25) is 10.1 Å². The van der Waals surface area contributed by atoms with Gasteiger partial charge in [0.05, 0.1) is 4.92 Å². The lowest BCUT2D eigenvalue weighted by Gasteiger charge is -2.33. The first-order chi connectivity index (χ1) is 11.6. The number of aryl methyl sites for hydroxylation is 1. The number of hydrogen-bond donors (Lipinski definition) is 1. The molecule has 1 aliphatic rings. The molecule has 0 spiro atoms. The van der Waals surface area contributed by atoms with Crippen molar-refractivity contribution in [1.29, 1.82) is 0 Å². The van der Waals surface area contributed by atoms with Gasteiger partial charge in [-0.2, -0.15) is 0 Å². The summed E-state index contributed by atoms with van der Waals surface area (Å²) < 4.78 is 0. The van der Waals surface area contributed by atoms with E-state index in [9.17, 15) is 10.1 Å². The molecule has 0 unspecified atom stereocenters. The zero-order chi connectivity index (χ0) is 16.9. The molecule has 1 aliphatic heterocycles. The predicted molar refractivity (Wildman–Crippen MR) is 94.1 cm³/mol. The third-order valence-corrected chi connectivity index (χ3v) is 4.53. The number of hydrogen-bond acceptors (Lipinski definition) is 5. The maximum absolute atomic E-state index is 11.0. The van der Waals surface area contributed by atoms with Crippen LogP contribution in [-0.4, -0.2) is 29.0 Å². The normalized spacial score (nSPS) is 15.5. The van der Waals surface area contributed by atoms with Crippen LogP contribution in [0.15, 0.2) is 42.6 Å². The van der Waals surface area contributed by atoms with Gasteiger partial charge >= 0.3 is 0 Å². The van der Waals surface area contributed by atoms with E-state index in [0.717, 1.165) is 37.3 Å². The zero-order valence-electron chi connectivity index (χ0n) is 13.8. The van der Waals surface area contributed by atoms with Crippen molar-refractivity contribution in [3.8, 4) is 0 Å². The van der Waals surface area contributed by atoms with Crippen molar-refractivity contribution in [3.05, 3.63) is 63.8 Å². The Balaban J connectivity index is 1.52. The quantitative estimate of drug-likeness (QED) is 0.675. The molecular weight excluding hydrogens is 304 g/mol. The van der Waals surface area contributed by atoms with Crippen LogP contribution in [0.4, 0.5) is 11.5 Å². The zero-order valence-corrected chi connectivity index (χ0v) is 13.8. The summed E-state index contributed by atoms with van der Waals surface area (Å²) in [5, 5.41) is 14.6. The Bertz CT molecular complexity index is 697. The Morgan fingerprint density at radius 2 is 2.08 bits per heavy atom. The molecule has 24 heavy (non-hydrogen) atoms. The van der Waals surface area contributed by atoms with Gasteiger partial charge in [0.15, 0.2) is 0 Å². The largest absolute Gasteiger partial charge is 0.357 e. The van der Waals surface area contributed by atoms with Gasteiger partial charge in [0.25, 0.3) is 5.69 Å². The van der Waals surface area contributed by atoms with Crippen LogP contribution in [0.3, 0.4) is 0 Å². The summed E-state index contributed by atoms with van der Waals surface area (Å²) in [6.07, 6.45) is 3.92. The molecule has 1 N–H and O–H groups in total. The second-order valence-electron chi connectivity index (χ2n) is 6.21. The Kier molecular flexibility index (Phi) is 5.05. The number of benzene rings is 1. The van der Waals surface area contributed by atoms with Crippen LogP contribution in [0.25, 0.3) is 0 Å². The topological polar surface area (TPSA) is 71.3 Å². The number of nitrogens with zero attached hydrogens (tertiary/aromatic N) is 3. The lowest BCUT2D eigenvalue weighted by molar-refractivity contribution is -0.385. The van der Waals surface area contributed by atoms with Crippen molar-refractivity contribution >= 4 is 11.5 Å². The van der Waals surface area contributed by atoms with Gasteiger partial charge in [-0.25, -0.2) is 4.98 Å². The SMILES string of the molecule is Cc1ccc(CNC2CCN(c3ccccn3)CC2)cc1[N+](=O)[O-]. The second kappa shape index (κ2) is 7.40. The molecule has 0 amide bonds. The molecule has 2 aromatic rings. The fourth-order valence-corrected chi connectivity index (χ4v) is 3.08. The van der Waals surface area contributed by atoms with Gasteiger partial charge in [-0.05, 0) is 37.5 Å². The van der Waals surface area contributed by atoms with Crippen molar-refractivity contribution in [1.82, 2.24) is 10.3 Å². The van der Waals surface area contributed by atoms with Gasteiger partial charge in [0.1, 0.15) is 5.82 Å². The molecule has 6 nitrogen and oxygen atoms in total. The van der Waals surface area contributed by atoms with E-state index in [0.29, 0.717) is 18.2 Å². The molecule has 0 radical (unpaired) electrons. The standard InChI is InChI=1S/C18H22N4O2/c1-14-5-6-15(12-17(14)22(23)24)13-20-16-7-10-21(11-8-16)18-4-2-3-9-19-18/h2-6,9,12,16,20H,7-8,10-11,13H2,1H3. The molecule has 126 valence electrons. The molecule has 1 aromatic carbocycles. The van der Waals surface area contributed by atoms with Crippen molar-refractivity contribution in [2.45, 2.75) is 32.4 Å². The monoisotopic (exact) mass is 326 g/mol. The van der Waals surface area contributed by atoms with E-state index in [4.69, 9.17) is 0 Å². The number of pyridine rings is 1. The van der Waals surface area contributed by atoms with Crippen LogP contribution in [0.5, 0.6) is 0 Å². The number of nitro benzene ring substituents is 1. The Labute approximate surface area is 141 Å². The van der Waals surface area contributed by atoms with Gasteiger partial charge < -0.3 is 10.2 Å². The van der Waals surface area contributed by atoms with Crippen LogP contribution < -0.4 is 10.2 Å². The molecule has 1 aromatic heterocycles. The molecule has 1 saturated heterocycles. The first-order valence-electron chi connectivity index (χ1n) is 8.27. The highest BCUT2D eigenvalue weighted by Gasteiger charge is 2.20. The van der Waals surface area contributed by atoms with Crippen LogP contribution in [-0.2, 0) is 6.54 Å². The van der Waals surface area contributed by atoms with Gasteiger partial charge in [-0.15, -0.1) is 0 Å². The van der Waals surface area contributed by atoms with Crippen LogP contribution in [0, 0.1) is 17.0 Å². The number of rotatable bonds is 5. The number of anilines is 1. The number of aromatic nitrogens is 1. The van der Waals surface area contributed by atoms with Gasteiger partial charge in [0.2, 0.25) is 0 Å². The summed E-state index contributed by atoms with van der Waals surface area (Å²) in [5.41, 5.74) is 1.85. The highest BCUT2D eigenvalue weighted by Crippen LogP contribution is 2.20.